The third-order valence-electron chi connectivity index (χ3n) is 2.58. The lowest BCUT2D eigenvalue weighted by Gasteiger charge is -2.02. The lowest BCUT2D eigenvalue weighted by molar-refractivity contribution is 0.681. The van der Waals surface area contributed by atoms with E-state index in [-0.39, 0.29) is 0 Å². The average molecular weight is 345 g/mol. The standard InChI is InChI=1S/C14H15BrClNS/c1-2-7-17-9-11-4-6-14(18-11)12-5-3-10(16)8-13(12)15/h3-6,8,17H,2,7,9H2,1H3. The van der Waals surface area contributed by atoms with E-state index in [1.54, 1.807) is 0 Å². The topological polar surface area (TPSA) is 12.0 Å². The summed E-state index contributed by atoms with van der Waals surface area (Å²) in [6.07, 6.45) is 1.17. The Morgan fingerprint density at radius 2 is 2.11 bits per heavy atom. The largest absolute Gasteiger partial charge is 0.312 e. The summed E-state index contributed by atoms with van der Waals surface area (Å²) < 4.78 is 1.05. The minimum Gasteiger partial charge on any atom is -0.312 e. The fourth-order valence-electron chi connectivity index (χ4n) is 1.70. The molecule has 0 aliphatic heterocycles. The Morgan fingerprint density at radius 3 is 2.83 bits per heavy atom. The first-order chi connectivity index (χ1) is 8.70. The van der Waals surface area contributed by atoms with Gasteiger partial charge in [0.1, 0.15) is 0 Å². The van der Waals surface area contributed by atoms with Gasteiger partial charge in [-0.2, -0.15) is 0 Å². The van der Waals surface area contributed by atoms with Crippen molar-refractivity contribution in [2.75, 3.05) is 6.54 Å². The van der Waals surface area contributed by atoms with Crippen LogP contribution in [0.2, 0.25) is 5.02 Å². The second kappa shape index (κ2) is 6.71. The molecule has 0 spiro atoms. The fraction of sp³-hybridized carbons (Fsp3) is 0.286. The van der Waals surface area contributed by atoms with E-state index in [1.807, 2.05) is 23.5 Å². The third-order valence-corrected chi connectivity index (χ3v) is 4.59. The highest BCUT2D eigenvalue weighted by Crippen LogP contribution is 2.35. The van der Waals surface area contributed by atoms with Crippen molar-refractivity contribution in [1.82, 2.24) is 5.32 Å². The molecule has 96 valence electrons. The molecule has 2 rings (SSSR count). The van der Waals surface area contributed by atoms with Crippen molar-refractivity contribution in [2.24, 2.45) is 0 Å². The quantitative estimate of drug-likeness (QED) is 0.723. The highest BCUT2D eigenvalue weighted by molar-refractivity contribution is 9.10. The number of thiophene rings is 1. The van der Waals surface area contributed by atoms with E-state index in [2.05, 4.69) is 46.4 Å². The first-order valence-corrected chi connectivity index (χ1v) is 7.94. The molecule has 0 saturated carbocycles. The Bertz CT molecular complexity index is 524. The van der Waals surface area contributed by atoms with Crippen LogP contribution < -0.4 is 5.32 Å². The van der Waals surface area contributed by atoms with Crippen molar-refractivity contribution in [3.05, 3.63) is 44.7 Å². The van der Waals surface area contributed by atoms with Gasteiger partial charge in [0.2, 0.25) is 0 Å². The van der Waals surface area contributed by atoms with Crippen molar-refractivity contribution in [1.29, 1.82) is 0 Å². The van der Waals surface area contributed by atoms with Crippen molar-refractivity contribution in [3.63, 3.8) is 0 Å². The summed E-state index contributed by atoms with van der Waals surface area (Å²) in [7, 11) is 0. The summed E-state index contributed by atoms with van der Waals surface area (Å²) in [4.78, 5) is 2.63. The monoisotopic (exact) mass is 343 g/mol. The van der Waals surface area contributed by atoms with Crippen molar-refractivity contribution in [3.8, 4) is 10.4 Å². The summed E-state index contributed by atoms with van der Waals surface area (Å²) >= 11 is 11.3. The SMILES string of the molecule is CCCNCc1ccc(-c2ccc(Cl)cc2Br)s1. The van der Waals surface area contributed by atoms with Gasteiger partial charge in [-0.25, -0.2) is 0 Å². The lowest BCUT2D eigenvalue weighted by Crippen LogP contribution is -2.12. The predicted molar refractivity (Wildman–Crippen MR) is 84.5 cm³/mol. The molecule has 18 heavy (non-hydrogen) atoms. The number of hydrogen-bond acceptors (Lipinski definition) is 2. The molecule has 0 saturated heterocycles. The highest BCUT2D eigenvalue weighted by atomic mass is 79.9. The van der Waals surface area contributed by atoms with Gasteiger partial charge in [0.25, 0.3) is 0 Å². The molecule has 1 heterocycles. The van der Waals surface area contributed by atoms with E-state index >= 15 is 0 Å². The minimum absolute atomic E-state index is 0.756. The van der Waals surface area contributed by atoms with Gasteiger partial charge >= 0.3 is 0 Å². The molecule has 1 nitrogen and oxygen atoms in total. The van der Waals surface area contributed by atoms with Gasteiger partial charge in [-0.3, -0.25) is 0 Å². The van der Waals surface area contributed by atoms with Gasteiger partial charge in [-0.05, 0) is 37.2 Å². The maximum Gasteiger partial charge on any atom is 0.0417 e. The first-order valence-electron chi connectivity index (χ1n) is 5.95. The van der Waals surface area contributed by atoms with Crippen molar-refractivity contribution < 1.29 is 0 Å². The molecule has 0 aliphatic rings. The molecule has 0 aliphatic carbocycles. The molecule has 1 aromatic carbocycles. The number of halogens is 2. The molecule has 1 aromatic heterocycles. The smallest absolute Gasteiger partial charge is 0.0417 e. The van der Waals surface area contributed by atoms with Crippen LogP contribution in [0, 0.1) is 0 Å². The van der Waals surface area contributed by atoms with Crippen LogP contribution in [0.15, 0.2) is 34.8 Å². The number of nitrogens with one attached hydrogen (secondary N) is 1. The number of rotatable bonds is 5. The molecule has 0 bridgehead atoms. The zero-order chi connectivity index (χ0) is 13.0. The lowest BCUT2D eigenvalue weighted by atomic mass is 10.2. The molecule has 0 radical (unpaired) electrons. The number of hydrogen-bond donors (Lipinski definition) is 1. The van der Waals surface area contributed by atoms with Gasteiger partial charge in [-0.15, -0.1) is 11.3 Å². The van der Waals surface area contributed by atoms with E-state index in [1.165, 1.54) is 21.7 Å². The normalized spacial score (nSPS) is 10.8. The zero-order valence-corrected chi connectivity index (χ0v) is 13.3. The molecule has 0 fully saturated rings. The van der Waals surface area contributed by atoms with Gasteiger partial charge < -0.3 is 5.32 Å². The molecule has 1 N–H and O–H groups in total. The van der Waals surface area contributed by atoms with E-state index in [0.717, 1.165) is 22.6 Å². The van der Waals surface area contributed by atoms with Crippen LogP contribution in [0.25, 0.3) is 10.4 Å². The number of benzene rings is 1. The van der Waals surface area contributed by atoms with Crippen LogP contribution in [0.3, 0.4) is 0 Å². The molecular formula is C14H15BrClNS. The van der Waals surface area contributed by atoms with Crippen LogP contribution in [0.1, 0.15) is 18.2 Å². The second-order valence-corrected chi connectivity index (χ2v) is 6.53. The van der Waals surface area contributed by atoms with Crippen LogP contribution >= 0.6 is 38.9 Å². The Labute approximate surface area is 125 Å². The molecule has 0 atom stereocenters. The maximum absolute atomic E-state index is 5.96. The van der Waals surface area contributed by atoms with E-state index in [9.17, 15) is 0 Å². The van der Waals surface area contributed by atoms with Crippen LogP contribution in [0.5, 0.6) is 0 Å². The summed E-state index contributed by atoms with van der Waals surface area (Å²) in [6.45, 7) is 4.19. The molecule has 0 unspecified atom stereocenters. The summed E-state index contributed by atoms with van der Waals surface area (Å²) in [6, 6.07) is 10.3. The summed E-state index contributed by atoms with van der Waals surface area (Å²) in [5.41, 5.74) is 1.20. The third kappa shape index (κ3) is 3.58. The van der Waals surface area contributed by atoms with Gasteiger partial charge in [0, 0.05) is 31.4 Å². The van der Waals surface area contributed by atoms with Crippen LogP contribution in [-0.4, -0.2) is 6.54 Å². The second-order valence-electron chi connectivity index (χ2n) is 4.07. The van der Waals surface area contributed by atoms with E-state index in [0.29, 0.717) is 0 Å². The molecule has 2 aromatic rings. The fourth-order valence-corrected chi connectivity index (χ4v) is 3.74. The molecule has 4 heteroatoms. The highest BCUT2D eigenvalue weighted by Gasteiger charge is 2.07. The van der Waals surface area contributed by atoms with Crippen LogP contribution in [-0.2, 0) is 6.54 Å². The Balaban J connectivity index is 2.13. The summed E-state index contributed by atoms with van der Waals surface area (Å²) in [5.74, 6) is 0. The van der Waals surface area contributed by atoms with Crippen molar-refractivity contribution >= 4 is 38.9 Å². The summed E-state index contributed by atoms with van der Waals surface area (Å²) in [5, 5.41) is 4.17. The Kier molecular flexibility index (Phi) is 5.25. The van der Waals surface area contributed by atoms with Gasteiger partial charge in [0.15, 0.2) is 0 Å². The van der Waals surface area contributed by atoms with Gasteiger partial charge in [0.05, 0.1) is 0 Å². The minimum atomic E-state index is 0.756. The van der Waals surface area contributed by atoms with Crippen molar-refractivity contribution in [2.45, 2.75) is 19.9 Å². The van der Waals surface area contributed by atoms with E-state index < -0.39 is 0 Å². The molecular weight excluding hydrogens is 330 g/mol. The average Bonchev–Trinajstić information content (AvgIpc) is 2.78. The first kappa shape index (κ1) is 14.1. The van der Waals surface area contributed by atoms with Gasteiger partial charge in [-0.1, -0.05) is 40.5 Å². The zero-order valence-electron chi connectivity index (χ0n) is 10.2. The maximum atomic E-state index is 5.96. The van der Waals surface area contributed by atoms with Crippen LogP contribution in [0.4, 0.5) is 0 Å². The van der Waals surface area contributed by atoms with E-state index in [4.69, 9.17) is 11.6 Å². The predicted octanol–water partition coefficient (Wildman–Crippen LogP) is 5.33. The molecule has 0 amide bonds. The Morgan fingerprint density at radius 1 is 1.28 bits per heavy atom. The Hall–Kier alpha value is -0.350.